The van der Waals surface area contributed by atoms with Gasteiger partial charge in [0.15, 0.2) is 0 Å². The average molecular weight is 194 g/mol. The first kappa shape index (κ1) is 9.10. The highest BCUT2D eigenvalue weighted by Crippen LogP contribution is 2.45. The number of thioether (sulfide) groups is 1. The first-order valence-corrected chi connectivity index (χ1v) is 5.57. The third-order valence-electron chi connectivity index (χ3n) is 2.62. The molecular weight excluding hydrogens is 180 g/mol. The van der Waals surface area contributed by atoms with Crippen LogP contribution in [0.4, 0.5) is 0 Å². The van der Waals surface area contributed by atoms with Crippen molar-refractivity contribution in [3.8, 4) is 0 Å². The van der Waals surface area contributed by atoms with Crippen molar-refractivity contribution in [2.24, 2.45) is 0 Å². The zero-order chi connectivity index (χ0) is 9.42. The van der Waals surface area contributed by atoms with Gasteiger partial charge in [-0.05, 0) is 18.1 Å². The molecule has 1 heterocycles. The Bertz CT molecular complexity index is 311. The number of rotatable bonds is 0. The van der Waals surface area contributed by atoms with Gasteiger partial charge in [-0.15, -0.1) is 11.8 Å². The van der Waals surface area contributed by atoms with Crippen LogP contribution < -0.4 is 0 Å². The van der Waals surface area contributed by atoms with Crippen molar-refractivity contribution in [1.29, 1.82) is 0 Å². The van der Waals surface area contributed by atoms with Crippen molar-refractivity contribution in [1.82, 2.24) is 0 Å². The molecule has 1 aliphatic rings. The van der Waals surface area contributed by atoms with Crippen LogP contribution in [0, 0.1) is 0 Å². The van der Waals surface area contributed by atoms with Gasteiger partial charge in [0.25, 0.3) is 0 Å². The summed E-state index contributed by atoms with van der Waals surface area (Å²) in [7, 11) is 0. The molecular formula is C11H14OS. The Labute approximate surface area is 83.2 Å². The van der Waals surface area contributed by atoms with Crippen LogP contribution >= 0.6 is 11.8 Å². The van der Waals surface area contributed by atoms with Crippen LogP contribution in [-0.4, -0.2) is 10.4 Å². The molecule has 70 valence electrons. The number of hydrogen-bond donors (Lipinski definition) is 1. The van der Waals surface area contributed by atoms with Crippen LogP contribution in [0.2, 0.25) is 0 Å². The second-order valence-electron chi connectivity index (χ2n) is 3.56. The standard InChI is InChI=1S/C11H14OS/c1-7-9-5-3-4-6-10(9)11(12)8(2)13-7/h3-8,11-12H,1-2H3. The third-order valence-corrected chi connectivity index (χ3v) is 3.97. The average Bonchev–Trinajstić information content (AvgIpc) is 2.15. The van der Waals surface area contributed by atoms with Gasteiger partial charge in [-0.1, -0.05) is 31.2 Å². The quantitative estimate of drug-likeness (QED) is 0.685. The molecule has 3 unspecified atom stereocenters. The number of hydrogen-bond acceptors (Lipinski definition) is 2. The van der Waals surface area contributed by atoms with Crippen molar-refractivity contribution in [2.75, 3.05) is 0 Å². The van der Waals surface area contributed by atoms with E-state index in [1.54, 1.807) is 0 Å². The second kappa shape index (κ2) is 3.35. The molecule has 0 bridgehead atoms. The van der Waals surface area contributed by atoms with Crippen LogP contribution in [0.5, 0.6) is 0 Å². The summed E-state index contributed by atoms with van der Waals surface area (Å²) in [5.41, 5.74) is 2.40. The Morgan fingerprint density at radius 1 is 1.15 bits per heavy atom. The van der Waals surface area contributed by atoms with Gasteiger partial charge in [-0.3, -0.25) is 0 Å². The first-order valence-electron chi connectivity index (χ1n) is 4.62. The number of aliphatic hydroxyl groups excluding tert-OH is 1. The highest BCUT2D eigenvalue weighted by atomic mass is 32.2. The van der Waals surface area contributed by atoms with Crippen molar-refractivity contribution < 1.29 is 5.11 Å². The van der Waals surface area contributed by atoms with E-state index in [4.69, 9.17) is 0 Å². The molecule has 0 fully saturated rings. The Morgan fingerprint density at radius 2 is 1.77 bits per heavy atom. The Kier molecular flexibility index (Phi) is 2.35. The molecule has 1 aliphatic heterocycles. The number of aliphatic hydroxyl groups is 1. The van der Waals surface area contributed by atoms with E-state index in [0.29, 0.717) is 10.5 Å². The summed E-state index contributed by atoms with van der Waals surface area (Å²) in [6.07, 6.45) is -0.294. The highest BCUT2D eigenvalue weighted by molar-refractivity contribution is 8.00. The summed E-state index contributed by atoms with van der Waals surface area (Å²) in [6.45, 7) is 4.29. The molecule has 3 atom stereocenters. The van der Waals surface area contributed by atoms with E-state index < -0.39 is 0 Å². The van der Waals surface area contributed by atoms with E-state index in [1.165, 1.54) is 5.56 Å². The lowest BCUT2D eigenvalue weighted by Crippen LogP contribution is -2.19. The molecule has 0 saturated carbocycles. The van der Waals surface area contributed by atoms with Gasteiger partial charge in [-0.25, -0.2) is 0 Å². The van der Waals surface area contributed by atoms with Crippen LogP contribution in [-0.2, 0) is 0 Å². The molecule has 1 nitrogen and oxygen atoms in total. The molecule has 1 aromatic rings. The monoisotopic (exact) mass is 194 g/mol. The molecule has 2 rings (SSSR count). The fourth-order valence-electron chi connectivity index (χ4n) is 1.87. The van der Waals surface area contributed by atoms with Crippen LogP contribution in [0.1, 0.15) is 36.3 Å². The molecule has 0 saturated heterocycles. The Morgan fingerprint density at radius 3 is 2.46 bits per heavy atom. The van der Waals surface area contributed by atoms with E-state index in [9.17, 15) is 5.11 Å². The summed E-state index contributed by atoms with van der Waals surface area (Å²) in [5.74, 6) is 0. The van der Waals surface area contributed by atoms with Gasteiger partial charge >= 0.3 is 0 Å². The zero-order valence-electron chi connectivity index (χ0n) is 7.90. The van der Waals surface area contributed by atoms with Gasteiger partial charge in [-0.2, -0.15) is 0 Å². The van der Waals surface area contributed by atoms with E-state index in [1.807, 2.05) is 30.0 Å². The maximum atomic E-state index is 9.93. The molecule has 13 heavy (non-hydrogen) atoms. The SMILES string of the molecule is CC1SC(C)C(O)c2ccccc21. The van der Waals surface area contributed by atoms with Crippen molar-refractivity contribution in [2.45, 2.75) is 30.5 Å². The lowest BCUT2D eigenvalue weighted by Gasteiger charge is -2.31. The summed E-state index contributed by atoms with van der Waals surface area (Å²) in [4.78, 5) is 0. The highest BCUT2D eigenvalue weighted by Gasteiger charge is 2.28. The van der Waals surface area contributed by atoms with Gasteiger partial charge in [0.2, 0.25) is 0 Å². The summed E-state index contributed by atoms with van der Waals surface area (Å²) in [5, 5.41) is 10.7. The molecule has 1 aromatic carbocycles. The molecule has 2 heteroatoms. The van der Waals surface area contributed by atoms with Crippen molar-refractivity contribution >= 4 is 11.8 Å². The van der Waals surface area contributed by atoms with Gasteiger partial charge < -0.3 is 5.11 Å². The molecule has 0 radical (unpaired) electrons. The van der Waals surface area contributed by atoms with E-state index in [2.05, 4.69) is 19.9 Å². The topological polar surface area (TPSA) is 20.2 Å². The largest absolute Gasteiger partial charge is 0.387 e. The van der Waals surface area contributed by atoms with E-state index >= 15 is 0 Å². The molecule has 1 N–H and O–H groups in total. The molecule has 0 spiro atoms. The number of benzene rings is 1. The summed E-state index contributed by atoms with van der Waals surface area (Å²) in [6, 6.07) is 8.19. The van der Waals surface area contributed by atoms with Crippen LogP contribution in [0.25, 0.3) is 0 Å². The minimum Gasteiger partial charge on any atom is -0.387 e. The fraction of sp³-hybridized carbons (Fsp3) is 0.455. The van der Waals surface area contributed by atoms with Crippen LogP contribution in [0.15, 0.2) is 24.3 Å². The van der Waals surface area contributed by atoms with Gasteiger partial charge in [0.1, 0.15) is 0 Å². The van der Waals surface area contributed by atoms with E-state index in [0.717, 1.165) is 5.56 Å². The molecule has 0 aromatic heterocycles. The van der Waals surface area contributed by atoms with Crippen molar-refractivity contribution in [3.05, 3.63) is 35.4 Å². The minimum atomic E-state index is -0.294. The Hall–Kier alpha value is -0.470. The van der Waals surface area contributed by atoms with Gasteiger partial charge in [0, 0.05) is 10.5 Å². The second-order valence-corrected chi connectivity index (χ2v) is 5.28. The van der Waals surface area contributed by atoms with Gasteiger partial charge in [0.05, 0.1) is 6.10 Å². The minimum absolute atomic E-state index is 0.294. The smallest absolute Gasteiger partial charge is 0.0909 e. The maximum Gasteiger partial charge on any atom is 0.0909 e. The van der Waals surface area contributed by atoms with Crippen molar-refractivity contribution in [3.63, 3.8) is 0 Å². The molecule has 0 amide bonds. The van der Waals surface area contributed by atoms with Crippen LogP contribution in [0.3, 0.4) is 0 Å². The predicted molar refractivity (Wildman–Crippen MR) is 56.9 cm³/mol. The summed E-state index contributed by atoms with van der Waals surface area (Å²) >= 11 is 1.84. The Balaban J connectivity index is 2.47. The fourth-order valence-corrected chi connectivity index (χ4v) is 3.17. The predicted octanol–water partition coefficient (Wildman–Crippen LogP) is 2.92. The first-order chi connectivity index (χ1) is 6.20. The van der Waals surface area contributed by atoms with E-state index in [-0.39, 0.29) is 6.10 Å². The lowest BCUT2D eigenvalue weighted by atomic mass is 9.98. The lowest BCUT2D eigenvalue weighted by molar-refractivity contribution is 0.176. The number of fused-ring (bicyclic) bond motifs is 1. The maximum absolute atomic E-state index is 9.93. The normalized spacial score (nSPS) is 32.7. The molecule has 0 aliphatic carbocycles. The summed E-state index contributed by atoms with van der Waals surface area (Å²) < 4.78 is 0. The zero-order valence-corrected chi connectivity index (χ0v) is 8.71. The third kappa shape index (κ3) is 1.49.